The van der Waals surface area contributed by atoms with Crippen LogP contribution in [0.5, 0.6) is 0 Å². The fraction of sp³-hybridized carbons (Fsp3) is 1.00. The number of fused-ring (bicyclic) bond motifs is 1. The smallest absolute Gasteiger partial charge is 0.00144 e. The molecule has 1 saturated heterocycles. The summed E-state index contributed by atoms with van der Waals surface area (Å²) in [5.74, 6) is 2.97. The Balaban J connectivity index is 2.17. The second-order valence-corrected chi connectivity index (χ2v) is 5.31. The average Bonchev–Trinajstić information content (AvgIpc) is 2.62. The summed E-state index contributed by atoms with van der Waals surface area (Å²) in [5, 5.41) is 3.55. The van der Waals surface area contributed by atoms with E-state index >= 15 is 0 Å². The lowest BCUT2D eigenvalue weighted by molar-refractivity contribution is 0.179. The lowest BCUT2D eigenvalue weighted by atomic mass is 9.74. The third-order valence-electron chi connectivity index (χ3n) is 4.78. The van der Waals surface area contributed by atoms with Crippen LogP contribution in [0.1, 0.15) is 40.0 Å². The third kappa shape index (κ3) is 1.32. The molecule has 0 aromatic carbocycles. The van der Waals surface area contributed by atoms with Crippen LogP contribution in [0.15, 0.2) is 0 Å². The van der Waals surface area contributed by atoms with Gasteiger partial charge in [-0.15, -0.1) is 0 Å². The number of hydrogen-bond acceptors (Lipinski definition) is 1. The molecule has 2 fully saturated rings. The molecule has 1 heteroatoms. The van der Waals surface area contributed by atoms with Gasteiger partial charge in [0.05, 0.1) is 0 Å². The molecule has 4 unspecified atom stereocenters. The molecule has 0 spiro atoms. The highest BCUT2D eigenvalue weighted by atomic mass is 14.9. The van der Waals surface area contributed by atoms with Gasteiger partial charge >= 0.3 is 0 Å². The van der Waals surface area contributed by atoms with Gasteiger partial charge in [-0.3, -0.25) is 0 Å². The Labute approximate surface area is 82.3 Å². The fourth-order valence-corrected chi connectivity index (χ4v) is 3.92. The van der Waals surface area contributed by atoms with Crippen LogP contribution >= 0.6 is 0 Å². The van der Waals surface area contributed by atoms with Crippen LogP contribution < -0.4 is 5.32 Å². The SMILES string of the molecule is CCC1C2CNCC2CC1(C)CC. The van der Waals surface area contributed by atoms with E-state index in [1.54, 1.807) is 0 Å². The van der Waals surface area contributed by atoms with Crippen molar-refractivity contribution in [1.29, 1.82) is 0 Å². The summed E-state index contributed by atoms with van der Waals surface area (Å²) >= 11 is 0. The molecule has 4 atom stereocenters. The van der Waals surface area contributed by atoms with Gasteiger partial charge in [0, 0.05) is 0 Å². The van der Waals surface area contributed by atoms with E-state index in [0.29, 0.717) is 5.41 Å². The fourth-order valence-electron chi connectivity index (χ4n) is 3.92. The maximum Gasteiger partial charge on any atom is -0.00144 e. The van der Waals surface area contributed by atoms with Crippen LogP contribution in [0.25, 0.3) is 0 Å². The number of nitrogens with one attached hydrogen (secondary N) is 1. The van der Waals surface area contributed by atoms with Crippen molar-refractivity contribution in [2.75, 3.05) is 13.1 Å². The van der Waals surface area contributed by atoms with E-state index in [9.17, 15) is 0 Å². The normalized spacial score (nSPS) is 49.6. The molecule has 0 amide bonds. The molecule has 0 bridgehead atoms. The van der Waals surface area contributed by atoms with Crippen molar-refractivity contribution in [2.45, 2.75) is 40.0 Å². The molecule has 2 rings (SSSR count). The largest absolute Gasteiger partial charge is 0.316 e. The highest BCUT2D eigenvalue weighted by molar-refractivity contribution is 5.01. The Kier molecular flexibility index (Phi) is 2.39. The van der Waals surface area contributed by atoms with Crippen LogP contribution in [0.3, 0.4) is 0 Å². The highest BCUT2D eigenvalue weighted by Gasteiger charge is 2.49. The molecule has 1 nitrogen and oxygen atoms in total. The van der Waals surface area contributed by atoms with Crippen molar-refractivity contribution in [3.05, 3.63) is 0 Å². The first kappa shape index (κ1) is 9.51. The molecule has 13 heavy (non-hydrogen) atoms. The molecule has 0 aromatic rings. The lowest BCUT2D eigenvalue weighted by Crippen LogP contribution is -2.27. The maximum atomic E-state index is 3.55. The van der Waals surface area contributed by atoms with Gasteiger partial charge in [-0.2, -0.15) is 0 Å². The minimum absolute atomic E-state index is 0.659. The Morgan fingerprint density at radius 1 is 1.31 bits per heavy atom. The first-order valence-electron chi connectivity index (χ1n) is 5.92. The molecule has 0 aromatic heterocycles. The van der Waals surface area contributed by atoms with Crippen LogP contribution in [0.4, 0.5) is 0 Å². The van der Waals surface area contributed by atoms with Gasteiger partial charge in [0.25, 0.3) is 0 Å². The predicted molar refractivity (Wildman–Crippen MR) is 56.6 cm³/mol. The van der Waals surface area contributed by atoms with E-state index in [-0.39, 0.29) is 0 Å². The topological polar surface area (TPSA) is 12.0 Å². The third-order valence-corrected chi connectivity index (χ3v) is 4.78. The monoisotopic (exact) mass is 181 g/mol. The number of rotatable bonds is 2. The van der Waals surface area contributed by atoms with Gasteiger partial charge < -0.3 is 5.32 Å². The molecule has 1 saturated carbocycles. The minimum Gasteiger partial charge on any atom is -0.316 e. The van der Waals surface area contributed by atoms with E-state index in [1.165, 1.54) is 32.4 Å². The van der Waals surface area contributed by atoms with Gasteiger partial charge in [0.2, 0.25) is 0 Å². The van der Waals surface area contributed by atoms with Crippen LogP contribution in [0, 0.1) is 23.2 Å². The summed E-state index contributed by atoms with van der Waals surface area (Å²) in [6.45, 7) is 9.84. The molecule has 0 radical (unpaired) electrons. The summed E-state index contributed by atoms with van der Waals surface area (Å²) in [4.78, 5) is 0. The molecule has 1 N–H and O–H groups in total. The van der Waals surface area contributed by atoms with Gasteiger partial charge in [-0.05, 0) is 42.7 Å². The van der Waals surface area contributed by atoms with Crippen LogP contribution in [0.2, 0.25) is 0 Å². The standard InChI is InChI=1S/C12H23N/c1-4-11-10-8-13-7-9(10)6-12(11,3)5-2/h9-11,13H,4-8H2,1-3H3. The van der Waals surface area contributed by atoms with Gasteiger partial charge in [-0.1, -0.05) is 33.6 Å². The molecule has 1 aliphatic carbocycles. The summed E-state index contributed by atoms with van der Waals surface area (Å²) in [5.41, 5.74) is 0.659. The summed E-state index contributed by atoms with van der Waals surface area (Å²) in [6, 6.07) is 0. The Bertz CT molecular complexity index is 190. The first-order chi connectivity index (χ1) is 6.21. The molecule has 76 valence electrons. The number of hydrogen-bond donors (Lipinski definition) is 1. The van der Waals surface area contributed by atoms with Crippen molar-refractivity contribution < 1.29 is 0 Å². The van der Waals surface area contributed by atoms with Crippen LogP contribution in [-0.2, 0) is 0 Å². The minimum atomic E-state index is 0.659. The maximum absolute atomic E-state index is 3.55. The second-order valence-electron chi connectivity index (χ2n) is 5.31. The van der Waals surface area contributed by atoms with Crippen molar-refractivity contribution >= 4 is 0 Å². The van der Waals surface area contributed by atoms with Crippen LogP contribution in [-0.4, -0.2) is 13.1 Å². The Morgan fingerprint density at radius 2 is 2.08 bits per heavy atom. The zero-order chi connectivity index (χ0) is 9.47. The Hall–Kier alpha value is -0.0400. The summed E-state index contributed by atoms with van der Waals surface area (Å²) in [6.07, 6.45) is 4.23. The molecule has 2 aliphatic rings. The van der Waals surface area contributed by atoms with E-state index in [2.05, 4.69) is 26.1 Å². The quantitative estimate of drug-likeness (QED) is 0.690. The predicted octanol–water partition coefficient (Wildman–Crippen LogP) is 2.67. The molecular weight excluding hydrogens is 158 g/mol. The zero-order valence-electron chi connectivity index (χ0n) is 9.27. The van der Waals surface area contributed by atoms with Gasteiger partial charge in [0.1, 0.15) is 0 Å². The molecule has 1 aliphatic heterocycles. The van der Waals surface area contributed by atoms with Crippen molar-refractivity contribution in [3.63, 3.8) is 0 Å². The zero-order valence-corrected chi connectivity index (χ0v) is 9.27. The summed E-state index contributed by atoms with van der Waals surface area (Å²) in [7, 11) is 0. The van der Waals surface area contributed by atoms with E-state index < -0.39 is 0 Å². The van der Waals surface area contributed by atoms with Crippen molar-refractivity contribution in [1.82, 2.24) is 5.32 Å². The van der Waals surface area contributed by atoms with E-state index in [4.69, 9.17) is 0 Å². The van der Waals surface area contributed by atoms with Gasteiger partial charge in [0.15, 0.2) is 0 Å². The Morgan fingerprint density at radius 3 is 2.69 bits per heavy atom. The second kappa shape index (κ2) is 3.27. The molecular formula is C12H23N. The highest BCUT2D eigenvalue weighted by Crippen LogP contribution is 2.54. The first-order valence-corrected chi connectivity index (χ1v) is 5.92. The average molecular weight is 181 g/mol. The van der Waals surface area contributed by atoms with E-state index in [1.807, 2.05) is 0 Å². The lowest BCUT2D eigenvalue weighted by Gasteiger charge is -2.32. The summed E-state index contributed by atoms with van der Waals surface area (Å²) < 4.78 is 0. The van der Waals surface area contributed by atoms with Crippen molar-refractivity contribution in [2.24, 2.45) is 23.2 Å². The van der Waals surface area contributed by atoms with Gasteiger partial charge in [-0.25, -0.2) is 0 Å². The molecule has 1 heterocycles. The van der Waals surface area contributed by atoms with Crippen molar-refractivity contribution in [3.8, 4) is 0 Å². The van der Waals surface area contributed by atoms with E-state index in [0.717, 1.165) is 17.8 Å².